The summed E-state index contributed by atoms with van der Waals surface area (Å²) in [5.74, 6) is 0.804. The van der Waals surface area contributed by atoms with Crippen LogP contribution in [0.2, 0.25) is 0 Å². The summed E-state index contributed by atoms with van der Waals surface area (Å²) in [6.07, 6.45) is 2.71. The lowest BCUT2D eigenvalue weighted by atomic mass is 10.1. The highest BCUT2D eigenvalue weighted by Crippen LogP contribution is 2.13. The van der Waals surface area contributed by atoms with Crippen molar-refractivity contribution < 1.29 is 14.3 Å². The van der Waals surface area contributed by atoms with Gasteiger partial charge < -0.3 is 14.8 Å². The summed E-state index contributed by atoms with van der Waals surface area (Å²) >= 11 is 0. The van der Waals surface area contributed by atoms with E-state index in [1.807, 2.05) is 24.3 Å². The average Bonchev–Trinajstić information content (AvgIpc) is 2.90. The molecule has 0 spiro atoms. The highest BCUT2D eigenvalue weighted by atomic mass is 16.5. The first-order valence-electron chi connectivity index (χ1n) is 6.29. The van der Waals surface area contributed by atoms with E-state index >= 15 is 0 Å². The predicted octanol–water partition coefficient (Wildman–Crippen LogP) is 1.53. The molecule has 0 aromatic heterocycles. The second kappa shape index (κ2) is 6.40. The number of hydrogen-bond acceptors (Lipinski definition) is 3. The zero-order valence-electron chi connectivity index (χ0n) is 10.6. The first kappa shape index (κ1) is 12.9. The molecule has 4 nitrogen and oxygen atoms in total. The highest BCUT2D eigenvalue weighted by molar-refractivity contribution is 5.78. The maximum Gasteiger partial charge on any atom is 0.224 e. The number of carbonyl (C=O) groups is 1. The van der Waals surface area contributed by atoms with E-state index in [4.69, 9.17) is 9.47 Å². The molecule has 98 valence electrons. The van der Waals surface area contributed by atoms with Crippen molar-refractivity contribution in [3.8, 4) is 5.75 Å². The molecule has 4 heteroatoms. The maximum atomic E-state index is 11.8. The number of rotatable bonds is 5. The summed E-state index contributed by atoms with van der Waals surface area (Å²) in [7, 11) is 1.62. The second-order valence-corrected chi connectivity index (χ2v) is 4.47. The molecule has 1 amide bonds. The van der Waals surface area contributed by atoms with Gasteiger partial charge in [0.2, 0.25) is 5.91 Å². The fourth-order valence-corrected chi connectivity index (χ4v) is 2.06. The maximum absolute atomic E-state index is 11.8. The largest absolute Gasteiger partial charge is 0.497 e. The molecule has 0 aliphatic carbocycles. The summed E-state index contributed by atoms with van der Waals surface area (Å²) < 4.78 is 10.6. The van der Waals surface area contributed by atoms with Crippen molar-refractivity contribution in [2.24, 2.45) is 0 Å². The van der Waals surface area contributed by atoms with E-state index in [2.05, 4.69) is 5.32 Å². The number of benzene rings is 1. The summed E-state index contributed by atoms with van der Waals surface area (Å²) in [6.45, 7) is 1.43. The fraction of sp³-hybridized carbons (Fsp3) is 0.500. The Hall–Kier alpha value is -1.55. The highest BCUT2D eigenvalue weighted by Gasteiger charge is 2.16. The Balaban J connectivity index is 1.78. The van der Waals surface area contributed by atoms with Crippen LogP contribution in [0.1, 0.15) is 18.4 Å². The Kier molecular flexibility index (Phi) is 4.59. The van der Waals surface area contributed by atoms with Crippen LogP contribution in [-0.2, 0) is 16.0 Å². The summed E-state index contributed by atoms with van der Waals surface area (Å²) in [4.78, 5) is 11.8. The van der Waals surface area contributed by atoms with Gasteiger partial charge in [0.25, 0.3) is 0 Å². The van der Waals surface area contributed by atoms with E-state index in [1.165, 1.54) is 0 Å². The number of amides is 1. The van der Waals surface area contributed by atoms with Crippen molar-refractivity contribution in [2.75, 3.05) is 20.3 Å². The van der Waals surface area contributed by atoms with Gasteiger partial charge in [-0.1, -0.05) is 12.1 Å². The molecule has 2 rings (SSSR count). The fourth-order valence-electron chi connectivity index (χ4n) is 2.06. The smallest absolute Gasteiger partial charge is 0.224 e. The van der Waals surface area contributed by atoms with Crippen LogP contribution in [-0.4, -0.2) is 32.3 Å². The third-order valence-corrected chi connectivity index (χ3v) is 3.05. The zero-order chi connectivity index (χ0) is 12.8. The SMILES string of the molecule is COc1cccc(CC(=O)NCC2CCCO2)c1. The average molecular weight is 249 g/mol. The standard InChI is InChI=1S/C14H19NO3/c1-17-12-5-2-4-11(8-12)9-14(16)15-10-13-6-3-7-18-13/h2,4-5,8,13H,3,6-7,9-10H2,1H3,(H,15,16). The van der Waals surface area contributed by atoms with Crippen LogP contribution in [0.15, 0.2) is 24.3 Å². The van der Waals surface area contributed by atoms with Gasteiger partial charge in [-0.25, -0.2) is 0 Å². The zero-order valence-corrected chi connectivity index (χ0v) is 10.6. The first-order chi connectivity index (χ1) is 8.78. The van der Waals surface area contributed by atoms with Gasteiger partial charge in [-0.2, -0.15) is 0 Å². The lowest BCUT2D eigenvalue weighted by Gasteiger charge is -2.11. The number of carbonyl (C=O) groups excluding carboxylic acids is 1. The van der Waals surface area contributed by atoms with Gasteiger partial charge in [-0.15, -0.1) is 0 Å². The molecule has 0 bridgehead atoms. The van der Waals surface area contributed by atoms with Crippen LogP contribution in [0.3, 0.4) is 0 Å². The van der Waals surface area contributed by atoms with E-state index in [-0.39, 0.29) is 12.0 Å². The molecular formula is C14H19NO3. The molecule has 1 fully saturated rings. The van der Waals surface area contributed by atoms with Gasteiger partial charge in [-0.3, -0.25) is 4.79 Å². The minimum absolute atomic E-state index is 0.0266. The molecule has 1 aliphatic rings. The molecular weight excluding hydrogens is 230 g/mol. The third-order valence-electron chi connectivity index (χ3n) is 3.05. The van der Waals surface area contributed by atoms with Crippen molar-refractivity contribution in [2.45, 2.75) is 25.4 Å². The Morgan fingerprint density at radius 2 is 2.44 bits per heavy atom. The molecule has 1 atom stereocenters. The lowest BCUT2D eigenvalue weighted by molar-refractivity contribution is -0.120. The van der Waals surface area contributed by atoms with E-state index < -0.39 is 0 Å². The minimum atomic E-state index is 0.0266. The number of hydrogen-bond donors (Lipinski definition) is 1. The van der Waals surface area contributed by atoms with Crippen LogP contribution in [0.4, 0.5) is 0 Å². The van der Waals surface area contributed by atoms with Gasteiger partial charge in [-0.05, 0) is 30.5 Å². The van der Waals surface area contributed by atoms with Crippen molar-refractivity contribution in [1.82, 2.24) is 5.32 Å². The van der Waals surface area contributed by atoms with Crippen LogP contribution in [0, 0.1) is 0 Å². The quantitative estimate of drug-likeness (QED) is 0.861. The Bertz CT molecular complexity index is 400. The molecule has 0 saturated carbocycles. The number of methoxy groups -OCH3 is 1. The molecule has 18 heavy (non-hydrogen) atoms. The molecule has 0 radical (unpaired) electrons. The van der Waals surface area contributed by atoms with Gasteiger partial charge in [0.15, 0.2) is 0 Å². The predicted molar refractivity (Wildman–Crippen MR) is 68.7 cm³/mol. The first-order valence-corrected chi connectivity index (χ1v) is 6.29. The molecule has 1 aromatic rings. The van der Waals surface area contributed by atoms with Crippen LogP contribution >= 0.6 is 0 Å². The van der Waals surface area contributed by atoms with Gasteiger partial charge in [0.05, 0.1) is 19.6 Å². The normalized spacial score (nSPS) is 18.6. The number of nitrogens with one attached hydrogen (secondary N) is 1. The van der Waals surface area contributed by atoms with Crippen LogP contribution in [0.5, 0.6) is 5.75 Å². The summed E-state index contributed by atoms with van der Waals surface area (Å²) in [5, 5.41) is 2.91. The van der Waals surface area contributed by atoms with Gasteiger partial charge in [0, 0.05) is 13.2 Å². The van der Waals surface area contributed by atoms with Crippen LogP contribution < -0.4 is 10.1 Å². The molecule has 1 aromatic carbocycles. The van der Waals surface area contributed by atoms with Crippen molar-refractivity contribution in [1.29, 1.82) is 0 Å². The van der Waals surface area contributed by atoms with E-state index in [1.54, 1.807) is 7.11 Å². The molecule has 1 heterocycles. The third kappa shape index (κ3) is 3.74. The van der Waals surface area contributed by atoms with E-state index in [0.717, 1.165) is 30.8 Å². The monoisotopic (exact) mass is 249 g/mol. The lowest BCUT2D eigenvalue weighted by Crippen LogP contribution is -2.32. The Morgan fingerprint density at radius 1 is 1.56 bits per heavy atom. The van der Waals surface area contributed by atoms with Gasteiger partial charge in [0.1, 0.15) is 5.75 Å². The van der Waals surface area contributed by atoms with Crippen molar-refractivity contribution >= 4 is 5.91 Å². The molecule has 1 unspecified atom stereocenters. The Morgan fingerprint density at radius 3 is 3.17 bits per heavy atom. The Labute approximate surface area is 107 Å². The summed E-state index contributed by atoms with van der Waals surface area (Å²) in [5.41, 5.74) is 0.958. The molecule has 1 saturated heterocycles. The van der Waals surface area contributed by atoms with E-state index in [0.29, 0.717) is 13.0 Å². The molecule has 1 N–H and O–H groups in total. The van der Waals surface area contributed by atoms with Crippen molar-refractivity contribution in [3.63, 3.8) is 0 Å². The minimum Gasteiger partial charge on any atom is -0.497 e. The van der Waals surface area contributed by atoms with Crippen molar-refractivity contribution in [3.05, 3.63) is 29.8 Å². The van der Waals surface area contributed by atoms with Gasteiger partial charge >= 0.3 is 0 Å². The topological polar surface area (TPSA) is 47.6 Å². The van der Waals surface area contributed by atoms with Crippen LogP contribution in [0.25, 0.3) is 0 Å². The number of ether oxygens (including phenoxy) is 2. The second-order valence-electron chi connectivity index (χ2n) is 4.47. The molecule has 1 aliphatic heterocycles. The van der Waals surface area contributed by atoms with E-state index in [9.17, 15) is 4.79 Å². The summed E-state index contributed by atoms with van der Waals surface area (Å²) in [6, 6.07) is 7.56.